The van der Waals surface area contributed by atoms with Gasteiger partial charge in [0.2, 0.25) is 5.91 Å². The minimum Gasteiger partial charge on any atom is -0.394 e. The molecule has 218 valence electrons. The van der Waals surface area contributed by atoms with Crippen LogP contribution in [0.15, 0.2) is 24.3 Å². The van der Waals surface area contributed by atoms with Crippen LogP contribution in [0.3, 0.4) is 0 Å². The maximum Gasteiger partial charge on any atom is 0.220 e. The number of aliphatic hydroxyl groups is 2. The molecule has 0 spiro atoms. The first kappa shape index (κ1) is 35.9. The third kappa shape index (κ3) is 26.3. The molecule has 0 saturated carbocycles. The average molecular weight is 522 g/mol. The van der Waals surface area contributed by atoms with Crippen molar-refractivity contribution in [3.8, 4) is 0 Å². The number of hydrogen-bond acceptors (Lipinski definition) is 3. The summed E-state index contributed by atoms with van der Waals surface area (Å²) in [6, 6.07) is -0.537. The number of unbranched alkanes of at least 4 members (excludes halogenated alkanes) is 18. The molecule has 0 rings (SSSR count). The van der Waals surface area contributed by atoms with Crippen LogP contribution >= 0.6 is 0 Å². The summed E-state index contributed by atoms with van der Waals surface area (Å²) in [6.07, 6.45) is 35.0. The molecule has 0 heterocycles. The number of rotatable bonds is 28. The van der Waals surface area contributed by atoms with Gasteiger partial charge >= 0.3 is 0 Å². The van der Waals surface area contributed by atoms with Crippen molar-refractivity contribution in [2.45, 2.75) is 174 Å². The standard InChI is InChI=1S/C33H63NO3/c1-3-5-7-9-11-13-15-16-17-18-19-21-23-25-27-29-33(37)34-31(30-35)32(36)28-26-24-22-20-14-12-10-8-6-4-2/h11,13,15-16,31-32,35-36H,3-10,12,14,17-30H2,1-2H3,(H,34,37)/b13-11-,16-15-. The molecule has 1 amide bonds. The molecule has 0 saturated heterocycles. The summed E-state index contributed by atoms with van der Waals surface area (Å²) in [5, 5.41) is 22.9. The highest BCUT2D eigenvalue weighted by Gasteiger charge is 2.19. The van der Waals surface area contributed by atoms with E-state index < -0.39 is 12.1 Å². The number of allylic oxidation sites excluding steroid dienone is 4. The molecule has 0 aromatic rings. The van der Waals surface area contributed by atoms with Crippen molar-refractivity contribution in [2.75, 3.05) is 6.61 Å². The van der Waals surface area contributed by atoms with Gasteiger partial charge in [-0.05, 0) is 38.5 Å². The molecule has 37 heavy (non-hydrogen) atoms. The third-order valence-electron chi connectivity index (χ3n) is 7.24. The minimum absolute atomic E-state index is 0.0472. The predicted molar refractivity (Wildman–Crippen MR) is 161 cm³/mol. The Balaban J connectivity index is 3.63. The summed E-state index contributed by atoms with van der Waals surface area (Å²) in [6.45, 7) is 4.29. The van der Waals surface area contributed by atoms with Gasteiger partial charge in [0, 0.05) is 6.42 Å². The Morgan fingerprint density at radius 1 is 0.649 bits per heavy atom. The van der Waals surface area contributed by atoms with Gasteiger partial charge in [-0.15, -0.1) is 0 Å². The number of amides is 1. The largest absolute Gasteiger partial charge is 0.394 e. The Kier molecular flexibility index (Phi) is 28.5. The molecular weight excluding hydrogens is 458 g/mol. The molecule has 0 bridgehead atoms. The van der Waals surface area contributed by atoms with E-state index in [4.69, 9.17) is 0 Å². The molecule has 0 aliphatic heterocycles. The zero-order valence-electron chi connectivity index (χ0n) is 24.7. The van der Waals surface area contributed by atoms with Crippen LogP contribution in [-0.2, 0) is 4.79 Å². The van der Waals surface area contributed by atoms with Crippen LogP contribution in [0.4, 0.5) is 0 Å². The van der Waals surface area contributed by atoms with Crippen LogP contribution in [0, 0.1) is 0 Å². The SMILES string of the molecule is CCCCC/C=C\C=C/CCCCCCCCC(=O)NC(CO)C(O)CCCCCCCCCCCC. The van der Waals surface area contributed by atoms with Crippen LogP contribution < -0.4 is 5.32 Å². The number of hydrogen-bond donors (Lipinski definition) is 3. The van der Waals surface area contributed by atoms with Crippen LogP contribution in [0.2, 0.25) is 0 Å². The smallest absolute Gasteiger partial charge is 0.220 e. The molecule has 0 aromatic heterocycles. The highest BCUT2D eigenvalue weighted by molar-refractivity contribution is 5.76. The summed E-state index contributed by atoms with van der Waals surface area (Å²) in [5.74, 6) is -0.0472. The molecule has 2 unspecified atom stereocenters. The predicted octanol–water partition coefficient (Wildman–Crippen LogP) is 8.95. The van der Waals surface area contributed by atoms with Crippen molar-refractivity contribution in [1.29, 1.82) is 0 Å². The minimum atomic E-state index is -0.659. The maximum atomic E-state index is 12.2. The van der Waals surface area contributed by atoms with Crippen molar-refractivity contribution in [1.82, 2.24) is 5.32 Å². The van der Waals surface area contributed by atoms with Gasteiger partial charge in [0.25, 0.3) is 0 Å². The summed E-state index contributed by atoms with van der Waals surface area (Å²) in [5.41, 5.74) is 0. The van der Waals surface area contributed by atoms with E-state index in [-0.39, 0.29) is 12.5 Å². The van der Waals surface area contributed by atoms with Gasteiger partial charge in [-0.1, -0.05) is 141 Å². The second kappa shape index (κ2) is 29.4. The highest BCUT2D eigenvalue weighted by atomic mass is 16.3. The van der Waals surface area contributed by atoms with Gasteiger partial charge in [0.05, 0.1) is 18.8 Å². The number of nitrogens with one attached hydrogen (secondary N) is 1. The molecule has 4 nitrogen and oxygen atoms in total. The normalized spacial score (nSPS) is 13.5. The quantitative estimate of drug-likeness (QED) is 0.0711. The van der Waals surface area contributed by atoms with Gasteiger partial charge in [-0.3, -0.25) is 4.79 Å². The number of carbonyl (C=O) groups excluding carboxylic acids is 1. The third-order valence-corrected chi connectivity index (χ3v) is 7.24. The fourth-order valence-corrected chi connectivity index (χ4v) is 4.70. The van der Waals surface area contributed by atoms with E-state index >= 15 is 0 Å². The molecule has 0 fully saturated rings. The van der Waals surface area contributed by atoms with Crippen LogP contribution in [-0.4, -0.2) is 34.9 Å². The van der Waals surface area contributed by atoms with Crippen LogP contribution in [0.5, 0.6) is 0 Å². The topological polar surface area (TPSA) is 69.6 Å². The fourth-order valence-electron chi connectivity index (χ4n) is 4.70. The second-order valence-corrected chi connectivity index (χ2v) is 10.9. The highest BCUT2D eigenvalue weighted by Crippen LogP contribution is 2.14. The average Bonchev–Trinajstić information content (AvgIpc) is 2.90. The first-order chi connectivity index (χ1) is 18.2. The van der Waals surface area contributed by atoms with Crippen LogP contribution in [0.1, 0.15) is 162 Å². The summed E-state index contributed by atoms with van der Waals surface area (Å²) < 4.78 is 0. The van der Waals surface area contributed by atoms with Crippen molar-refractivity contribution in [3.05, 3.63) is 24.3 Å². The number of aliphatic hydroxyl groups excluding tert-OH is 2. The molecule has 0 aromatic carbocycles. The first-order valence-corrected chi connectivity index (χ1v) is 16.1. The Morgan fingerprint density at radius 3 is 1.62 bits per heavy atom. The number of carbonyl (C=O) groups is 1. The van der Waals surface area contributed by atoms with Crippen LogP contribution in [0.25, 0.3) is 0 Å². The molecule has 0 radical (unpaired) electrons. The lowest BCUT2D eigenvalue weighted by Gasteiger charge is -2.22. The van der Waals surface area contributed by atoms with E-state index in [0.29, 0.717) is 12.8 Å². The summed E-state index contributed by atoms with van der Waals surface area (Å²) in [4.78, 5) is 12.2. The van der Waals surface area contributed by atoms with Gasteiger partial charge in [0.15, 0.2) is 0 Å². The monoisotopic (exact) mass is 521 g/mol. The van der Waals surface area contributed by atoms with Gasteiger partial charge in [-0.25, -0.2) is 0 Å². The molecule has 2 atom stereocenters. The summed E-state index contributed by atoms with van der Waals surface area (Å²) >= 11 is 0. The Morgan fingerprint density at radius 2 is 1.08 bits per heavy atom. The molecule has 4 heteroatoms. The van der Waals surface area contributed by atoms with Gasteiger partial charge in [0.1, 0.15) is 0 Å². The van der Waals surface area contributed by atoms with Gasteiger partial charge < -0.3 is 15.5 Å². The molecule has 0 aliphatic carbocycles. The van der Waals surface area contributed by atoms with E-state index in [9.17, 15) is 15.0 Å². The Bertz CT molecular complexity index is 532. The maximum absolute atomic E-state index is 12.2. The zero-order valence-corrected chi connectivity index (χ0v) is 24.7. The Hall–Kier alpha value is -1.13. The van der Waals surface area contributed by atoms with Crippen molar-refractivity contribution in [3.63, 3.8) is 0 Å². The van der Waals surface area contributed by atoms with E-state index in [1.54, 1.807) is 0 Å². The van der Waals surface area contributed by atoms with Gasteiger partial charge in [-0.2, -0.15) is 0 Å². The van der Waals surface area contributed by atoms with E-state index in [1.165, 1.54) is 103 Å². The van der Waals surface area contributed by atoms with E-state index in [1.807, 2.05) is 0 Å². The second-order valence-electron chi connectivity index (χ2n) is 10.9. The lowest BCUT2D eigenvalue weighted by molar-refractivity contribution is -0.123. The summed E-state index contributed by atoms with van der Waals surface area (Å²) in [7, 11) is 0. The first-order valence-electron chi connectivity index (χ1n) is 16.1. The van der Waals surface area contributed by atoms with E-state index in [0.717, 1.165) is 32.1 Å². The lowest BCUT2D eigenvalue weighted by atomic mass is 10.0. The van der Waals surface area contributed by atoms with E-state index in [2.05, 4.69) is 43.5 Å². The van der Waals surface area contributed by atoms with Crippen molar-refractivity contribution < 1.29 is 15.0 Å². The lowest BCUT2D eigenvalue weighted by Crippen LogP contribution is -2.45. The van der Waals surface area contributed by atoms with Crippen molar-refractivity contribution >= 4 is 5.91 Å². The molecule has 0 aliphatic rings. The zero-order chi connectivity index (χ0) is 27.2. The van der Waals surface area contributed by atoms with Crippen molar-refractivity contribution in [2.24, 2.45) is 0 Å². The Labute approximate surface area is 230 Å². The molecule has 3 N–H and O–H groups in total. The molecular formula is C33H63NO3. The fraction of sp³-hybridized carbons (Fsp3) is 0.848.